The van der Waals surface area contributed by atoms with Gasteiger partial charge >= 0.3 is 0 Å². The Morgan fingerprint density at radius 3 is 2.75 bits per heavy atom. The Morgan fingerprint density at radius 1 is 1.19 bits per heavy atom. The highest BCUT2D eigenvalue weighted by atomic mass is 14.9. The van der Waals surface area contributed by atoms with E-state index in [1.165, 1.54) is 0 Å². The van der Waals surface area contributed by atoms with Gasteiger partial charge in [0.05, 0.1) is 23.6 Å². The summed E-state index contributed by atoms with van der Waals surface area (Å²) in [5, 5.41) is 3.30. The van der Waals surface area contributed by atoms with E-state index in [1.807, 2.05) is 32.0 Å². The van der Waals surface area contributed by atoms with Crippen LogP contribution in [0.15, 0.2) is 30.7 Å². The van der Waals surface area contributed by atoms with Gasteiger partial charge in [-0.25, -0.2) is 9.97 Å². The first-order valence-electron chi connectivity index (χ1n) is 5.19. The third kappa shape index (κ3) is 2.53. The molecule has 82 valence electrons. The van der Waals surface area contributed by atoms with Crippen molar-refractivity contribution in [2.75, 3.05) is 5.32 Å². The van der Waals surface area contributed by atoms with Gasteiger partial charge in [-0.1, -0.05) is 0 Å². The van der Waals surface area contributed by atoms with Crippen LogP contribution in [0.3, 0.4) is 0 Å². The third-order valence-corrected chi connectivity index (χ3v) is 2.33. The fourth-order valence-corrected chi connectivity index (χ4v) is 1.48. The summed E-state index contributed by atoms with van der Waals surface area (Å²) in [7, 11) is 0. The number of hydrogen-bond acceptors (Lipinski definition) is 4. The van der Waals surface area contributed by atoms with Gasteiger partial charge in [0.2, 0.25) is 0 Å². The molecule has 0 aliphatic heterocycles. The minimum atomic E-state index is 0.689. The molecule has 0 saturated carbocycles. The van der Waals surface area contributed by atoms with Crippen LogP contribution in [0, 0.1) is 13.8 Å². The first-order valence-corrected chi connectivity index (χ1v) is 5.19. The molecule has 0 spiro atoms. The molecule has 0 amide bonds. The number of nitrogens with zero attached hydrogens (tertiary/aromatic N) is 3. The molecular weight excluding hydrogens is 200 g/mol. The summed E-state index contributed by atoms with van der Waals surface area (Å²) in [6, 6.07) is 5.93. The molecule has 16 heavy (non-hydrogen) atoms. The van der Waals surface area contributed by atoms with Crippen LogP contribution in [0.1, 0.15) is 17.1 Å². The van der Waals surface area contributed by atoms with Crippen LogP contribution >= 0.6 is 0 Å². The first-order chi connectivity index (χ1) is 7.75. The van der Waals surface area contributed by atoms with E-state index in [4.69, 9.17) is 0 Å². The van der Waals surface area contributed by atoms with Crippen molar-refractivity contribution >= 4 is 5.69 Å². The number of anilines is 1. The van der Waals surface area contributed by atoms with Crippen molar-refractivity contribution in [1.29, 1.82) is 0 Å². The molecule has 0 fully saturated rings. The van der Waals surface area contributed by atoms with Crippen molar-refractivity contribution in [2.24, 2.45) is 0 Å². The Balaban J connectivity index is 2.05. The van der Waals surface area contributed by atoms with Crippen molar-refractivity contribution in [3.8, 4) is 0 Å². The second-order valence-electron chi connectivity index (χ2n) is 3.64. The maximum Gasteiger partial charge on any atom is 0.115 e. The smallest absolute Gasteiger partial charge is 0.115 e. The molecule has 2 aromatic rings. The fourth-order valence-electron chi connectivity index (χ4n) is 1.48. The number of aryl methyl sites for hydroxylation is 2. The van der Waals surface area contributed by atoms with E-state index in [-0.39, 0.29) is 0 Å². The van der Waals surface area contributed by atoms with Crippen molar-refractivity contribution in [3.05, 3.63) is 47.8 Å². The Labute approximate surface area is 94.8 Å². The van der Waals surface area contributed by atoms with E-state index >= 15 is 0 Å². The summed E-state index contributed by atoms with van der Waals surface area (Å²) in [5.74, 6) is 0. The van der Waals surface area contributed by atoms with E-state index in [2.05, 4.69) is 20.3 Å². The quantitative estimate of drug-likeness (QED) is 0.850. The fraction of sp³-hybridized carbons (Fsp3) is 0.250. The molecule has 4 nitrogen and oxygen atoms in total. The van der Waals surface area contributed by atoms with Gasteiger partial charge < -0.3 is 5.32 Å². The molecule has 0 unspecified atom stereocenters. The van der Waals surface area contributed by atoms with Gasteiger partial charge in [-0.2, -0.15) is 0 Å². The largest absolute Gasteiger partial charge is 0.378 e. The minimum absolute atomic E-state index is 0.689. The molecule has 0 aromatic carbocycles. The minimum Gasteiger partial charge on any atom is -0.378 e. The van der Waals surface area contributed by atoms with Gasteiger partial charge in [0.25, 0.3) is 0 Å². The van der Waals surface area contributed by atoms with Crippen LogP contribution in [0.4, 0.5) is 5.69 Å². The average Bonchev–Trinajstić information content (AvgIpc) is 2.29. The van der Waals surface area contributed by atoms with E-state index in [0.29, 0.717) is 6.54 Å². The Bertz CT molecular complexity index is 468. The van der Waals surface area contributed by atoms with Crippen molar-refractivity contribution in [2.45, 2.75) is 20.4 Å². The van der Waals surface area contributed by atoms with Gasteiger partial charge in [0.1, 0.15) is 6.33 Å². The molecule has 0 aliphatic rings. The average molecular weight is 214 g/mol. The highest BCUT2D eigenvalue weighted by molar-refractivity contribution is 5.47. The molecule has 0 atom stereocenters. The van der Waals surface area contributed by atoms with Gasteiger partial charge in [-0.15, -0.1) is 0 Å². The maximum atomic E-state index is 4.39. The topological polar surface area (TPSA) is 50.7 Å². The number of pyridine rings is 1. The molecule has 0 saturated heterocycles. The summed E-state index contributed by atoms with van der Waals surface area (Å²) < 4.78 is 0. The summed E-state index contributed by atoms with van der Waals surface area (Å²) in [4.78, 5) is 12.4. The van der Waals surface area contributed by atoms with Crippen LogP contribution in [0.5, 0.6) is 0 Å². The molecule has 0 bridgehead atoms. The van der Waals surface area contributed by atoms with E-state index < -0.39 is 0 Å². The van der Waals surface area contributed by atoms with Gasteiger partial charge in [0, 0.05) is 11.9 Å². The number of hydrogen-bond donors (Lipinski definition) is 1. The molecule has 2 heterocycles. The molecule has 1 N–H and O–H groups in total. The second kappa shape index (κ2) is 4.70. The third-order valence-electron chi connectivity index (χ3n) is 2.33. The van der Waals surface area contributed by atoms with Crippen molar-refractivity contribution in [3.63, 3.8) is 0 Å². The zero-order valence-electron chi connectivity index (χ0n) is 9.44. The molecular formula is C12H14N4. The SMILES string of the molecule is Cc1ccc(NCc2ccncn2)c(C)n1. The predicted molar refractivity (Wildman–Crippen MR) is 63.1 cm³/mol. The maximum absolute atomic E-state index is 4.39. The van der Waals surface area contributed by atoms with Crippen LogP contribution in [-0.2, 0) is 6.54 Å². The summed E-state index contributed by atoms with van der Waals surface area (Å²) >= 11 is 0. The molecule has 4 heteroatoms. The Morgan fingerprint density at radius 2 is 2.06 bits per heavy atom. The Hall–Kier alpha value is -1.97. The standard InChI is InChI=1S/C12H14N4/c1-9-3-4-12(10(2)16-9)14-7-11-5-6-13-8-15-11/h3-6,8,14H,7H2,1-2H3. The van der Waals surface area contributed by atoms with E-state index in [1.54, 1.807) is 12.5 Å². The van der Waals surface area contributed by atoms with Crippen LogP contribution in [0.2, 0.25) is 0 Å². The first kappa shape index (κ1) is 10.5. The van der Waals surface area contributed by atoms with E-state index in [0.717, 1.165) is 22.8 Å². The summed E-state index contributed by atoms with van der Waals surface area (Å²) in [6.07, 6.45) is 3.29. The lowest BCUT2D eigenvalue weighted by Crippen LogP contribution is -2.04. The second-order valence-corrected chi connectivity index (χ2v) is 3.64. The van der Waals surface area contributed by atoms with Gasteiger partial charge in [-0.05, 0) is 32.0 Å². The highest BCUT2D eigenvalue weighted by Crippen LogP contribution is 2.13. The predicted octanol–water partition coefficient (Wildman–Crippen LogP) is 2.10. The number of rotatable bonds is 3. The Kier molecular flexibility index (Phi) is 3.10. The molecule has 2 aromatic heterocycles. The normalized spacial score (nSPS) is 10.1. The zero-order valence-corrected chi connectivity index (χ0v) is 9.44. The molecule has 0 radical (unpaired) electrons. The van der Waals surface area contributed by atoms with Crippen LogP contribution < -0.4 is 5.32 Å². The van der Waals surface area contributed by atoms with Crippen LogP contribution in [0.25, 0.3) is 0 Å². The molecule has 0 aliphatic carbocycles. The van der Waals surface area contributed by atoms with Crippen LogP contribution in [-0.4, -0.2) is 15.0 Å². The number of aromatic nitrogens is 3. The lowest BCUT2D eigenvalue weighted by Gasteiger charge is -2.08. The lowest BCUT2D eigenvalue weighted by molar-refractivity contribution is 0.996. The summed E-state index contributed by atoms with van der Waals surface area (Å²) in [5.41, 5.74) is 4.05. The highest BCUT2D eigenvalue weighted by Gasteiger charge is 1.99. The van der Waals surface area contributed by atoms with Crippen molar-refractivity contribution in [1.82, 2.24) is 15.0 Å². The zero-order chi connectivity index (χ0) is 11.4. The monoisotopic (exact) mass is 214 g/mol. The lowest BCUT2D eigenvalue weighted by atomic mass is 10.2. The van der Waals surface area contributed by atoms with Crippen molar-refractivity contribution < 1.29 is 0 Å². The van der Waals surface area contributed by atoms with Gasteiger partial charge in [-0.3, -0.25) is 4.98 Å². The van der Waals surface area contributed by atoms with Gasteiger partial charge in [0.15, 0.2) is 0 Å². The summed E-state index contributed by atoms with van der Waals surface area (Å²) in [6.45, 7) is 4.67. The number of nitrogens with one attached hydrogen (secondary N) is 1. The molecule has 2 rings (SSSR count). The van der Waals surface area contributed by atoms with E-state index in [9.17, 15) is 0 Å².